The maximum Gasteiger partial charge on any atom is 0.242 e. The summed E-state index contributed by atoms with van der Waals surface area (Å²) in [6, 6.07) is 16.7. The first-order valence-corrected chi connectivity index (χ1v) is 10.7. The first-order chi connectivity index (χ1) is 14.0. The van der Waals surface area contributed by atoms with Crippen molar-refractivity contribution in [2.24, 2.45) is 0 Å². The first kappa shape index (κ1) is 20.9. The van der Waals surface area contributed by atoms with Crippen LogP contribution in [0.4, 0.5) is 5.69 Å². The van der Waals surface area contributed by atoms with Gasteiger partial charge in [0, 0.05) is 36.6 Å². The number of thioether (sulfide) groups is 1. The average molecular weight is 412 g/mol. The van der Waals surface area contributed by atoms with E-state index >= 15 is 0 Å². The summed E-state index contributed by atoms with van der Waals surface area (Å²) in [5, 5.41) is 5.47. The van der Waals surface area contributed by atoms with Gasteiger partial charge in [-0.2, -0.15) is 0 Å². The first-order valence-electron chi connectivity index (χ1n) is 9.68. The molecule has 0 aromatic heterocycles. The maximum atomic E-state index is 12.6. The molecule has 0 aliphatic carbocycles. The van der Waals surface area contributed by atoms with E-state index < -0.39 is 6.04 Å². The fraction of sp³-hybridized carbons (Fsp3) is 0.318. The van der Waals surface area contributed by atoms with Crippen LogP contribution in [0.1, 0.15) is 25.3 Å². The number of anilines is 1. The summed E-state index contributed by atoms with van der Waals surface area (Å²) in [6.07, 6.45) is 0.171. The Bertz CT molecular complexity index is 873. The molecule has 0 spiro atoms. The summed E-state index contributed by atoms with van der Waals surface area (Å²) in [5.74, 6) is 0.207. The third-order valence-electron chi connectivity index (χ3n) is 4.68. The van der Waals surface area contributed by atoms with Crippen LogP contribution in [0.5, 0.6) is 0 Å². The van der Waals surface area contributed by atoms with Gasteiger partial charge in [-0.05, 0) is 24.6 Å². The van der Waals surface area contributed by atoms with Crippen molar-refractivity contribution < 1.29 is 14.4 Å². The van der Waals surface area contributed by atoms with Crippen LogP contribution in [0.2, 0.25) is 0 Å². The highest BCUT2D eigenvalue weighted by molar-refractivity contribution is 7.99. The number of carbonyl (C=O) groups is 3. The Hall–Kier alpha value is -2.80. The number of nitrogens with one attached hydrogen (secondary N) is 2. The zero-order valence-electron chi connectivity index (χ0n) is 16.4. The van der Waals surface area contributed by atoms with Crippen molar-refractivity contribution in [1.82, 2.24) is 10.6 Å². The Labute approximate surface area is 175 Å². The molecule has 1 aliphatic heterocycles. The molecule has 1 heterocycles. The Morgan fingerprint density at radius 2 is 1.76 bits per heavy atom. The molecule has 0 saturated heterocycles. The van der Waals surface area contributed by atoms with Gasteiger partial charge in [0.2, 0.25) is 17.7 Å². The Morgan fingerprint density at radius 3 is 2.55 bits per heavy atom. The Morgan fingerprint density at radius 1 is 1.03 bits per heavy atom. The highest BCUT2D eigenvalue weighted by Gasteiger charge is 2.23. The molecular weight excluding hydrogens is 386 g/mol. The lowest BCUT2D eigenvalue weighted by atomic mass is 10.2. The number of para-hydroxylation sites is 1. The predicted octanol–water partition coefficient (Wildman–Crippen LogP) is 2.73. The Kier molecular flexibility index (Phi) is 7.30. The molecule has 1 atom stereocenters. The number of nitrogens with zero attached hydrogens (tertiary/aromatic N) is 1. The summed E-state index contributed by atoms with van der Waals surface area (Å²) in [6.45, 7) is 2.68. The molecule has 0 bridgehead atoms. The van der Waals surface area contributed by atoms with E-state index in [2.05, 4.69) is 10.6 Å². The molecule has 152 valence electrons. The van der Waals surface area contributed by atoms with E-state index in [4.69, 9.17) is 0 Å². The molecule has 6 nitrogen and oxygen atoms in total. The summed E-state index contributed by atoms with van der Waals surface area (Å²) < 4.78 is 0. The highest BCUT2D eigenvalue weighted by Crippen LogP contribution is 2.34. The number of fused-ring (bicyclic) bond motifs is 1. The molecule has 0 radical (unpaired) electrons. The topological polar surface area (TPSA) is 78.5 Å². The normalized spacial score (nSPS) is 13.9. The largest absolute Gasteiger partial charge is 0.350 e. The van der Waals surface area contributed by atoms with Crippen molar-refractivity contribution in [3.8, 4) is 0 Å². The van der Waals surface area contributed by atoms with Crippen LogP contribution in [0, 0.1) is 0 Å². The summed E-state index contributed by atoms with van der Waals surface area (Å²) in [4.78, 5) is 39.8. The molecular formula is C22H25N3O3S. The number of hydrogen-bond acceptors (Lipinski definition) is 4. The quantitative estimate of drug-likeness (QED) is 0.734. The molecule has 1 unspecified atom stereocenters. The van der Waals surface area contributed by atoms with Gasteiger partial charge in [-0.25, -0.2) is 0 Å². The minimum Gasteiger partial charge on any atom is -0.350 e. The highest BCUT2D eigenvalue weighted by atomic mass is 32.2. The van der Waals surface area contributed by atoms with Crippen LogP contribution in [-0.2, 0) is 20.9 Å². The number of hydrogen-bond donors (Lipinski definition) is 2. The van der Waals surface area contributed by atoms with Gasteiger partial charge in [-0.1, -0.05) is 42.5 Å². The van der Waals surface area contributed by atoms with E-state index in [0.717, 1.165) is 21.9 Å². The summed E-state index contributed by atoms with van der Waals surface area (Å²) in [7, 11) is 0. The number of carbonyl (C=O) groups excluding carboxylic acids is 3. The van der Waals surface area contributed by atoms with Crippen LogP contribution in [0.3, 0.4) is 0 Å². The molecule has 29 heavy (non-hydrogen) atoms. The second-order valence-corrected chi connectivity index (χ2v) is 7.99. The maximum absolute atomic E-state index is 12.6. The van der Waals surface area contributed by atoms with Crippen molar-refractivity contribution in [1.29, 1.82) is 0 Å². The molecule has 2 aromatic carbocycles. The van der Waals surface area contributed by atoms with E-state index in [1.54, 1.807) is 23.6 Å². The summed E-state index contributed by atoms with van der Waals surface area (Å²) >= 11 is 1.73. The van der Waals surface area contributed by atoms with Crippen LogP contribution in [0.15, 0.2) is 59.5 Å². The monoisotopic (exact) mass is 411 g/mol. The Balaban J connectivity index is 1.43. The van der Waals surface area contributed by atoms with Crippen molar-refractivity contribution >= 4 is 35.2 Å². The predicted molar refractivity (Wildman–Crippen MR) is 115 cm³/mol. The molecule has 2 aromatic rings. The third kappa shape index (κ3) is 5.84. The second kappa shape index (κ2) is 10.1. The van der Waals surface area contributed by atoms with E-state index in [1.165, 1.54) is 0 Å². The van der Waals surface area contributed by atoms with Crippen LogP contribution in [-0.4, -0.2) is 36.1 Å². The molecule has 3 rings (SSSR count). The van der Waals surface area contributed by atoms with Gasteiger partial charge < -0.3 is 15.5 Å². The molecule has 3 amide bonds. The molecule has 2 N–H and O–H groups in total. The fourth-order valence-electron chi connectivity index (χ4n) is 3.10. The number of benzene rings is 2. The smallest absolute Gasteiger partial charge is 0.242 e. The minimum atomic E-state index is -0.659. The minimum absolute atomic E-state index is 0.0565. The fourth-order valence-corrected chi connectivity index (χ4v) is 4.10. The van der Waals surface area contributed by atoms with E-state index in [1.807, 2.05) is 54.6 Å². The van der Waals surface area contributed by atoms with Crippen molar-refractivity contribution in [3.05, 3.63) is 60.2 Å². The number of amides is 3. The third-order valence-corrected chi connectivity index (χ3v) is 5.72. The van der Waals surface area contributed by atoms with Gasteiger partial charge >= 0.3 is 0 Å². The van der Waals surface area contributed by atoms with Gasteiger partial charge in [-0.3, -0.25) is 14.4 Å². The van der Waals surface area contributed by atoms with Gasteiger partial charge in [-0.15, -0.1) is 11.8 Å². The average Bonchev–Trinajstić information content (AvgIpc) is 2.76. The van der Waals surface area contributed by atoms with Gasteiger partial charge in [0.1, 0.15) is 6.04 Å². The molecule has 7 heteroatoms. The zero-order valence-corrected chi connectivity index (χ0v) is 17.2. The molecule has 0 saturated carbocycles. The second-order valence-electron chi connectivity index (χ2n) is 6.85. The van der Waals surface area contributed by atoms with Crippen molar-refractivity contribution in [2.75, 3.05) is 17.2 Å². The lowest BCUT2D eigenvalue weighted by Crippen LogP contribution is -2.45. The van der Waals surface area contributed by atoms with Crippen molar-refractivity contribution in [3.63, 3.8) is 0 Å². The molecule has 0 fully saturated rings. The lowest BCUT2D eigenvalue weighted by molar-refractivity contribution is -0.129. The van der Waals surface area contributed by atoms with Crippen LogP contribution in [0.25, 0.3) is 0 Å². The van der Waals surface area contributed by atoms with E-state index in [9.17, 15) is 14.4 Å². The van der Waals surface area contributed by atoms with E-state index in [-0.39, 0.29) is 30.6 Å². The SMILES string of the molecule is CC(NC(=O)CCC(=O)N1CCSc2ccccc21)C(=O)NCc1ccccc1. The zero-order chi connectivity index (χ0) is 20.6. The van der Waals surface area contributed by atoms with Gasteiger partial charge in [0.25, 0.3) is 0 Å². The van der Waals surface area contributed by atoms with Crippen molar-refractivity contribution in [2.45, 2.75) is 37.2 Å². The lowest BCUT2D eigenvalue weighted by Gasteiger charge is -2.29. The number of rotatable bonds is 7. The van der Waals surface area contributed by atoms with E-state index in [0.29, 0.717) is 13.1 Å². The van der Waals surface area contributed by atoms with Gasteiger partial charge in [0.05, 0.1) is 5.69 Å². The van der Waals surface area contributed by atoms with Crippen LogP contribution >= 0.6 is 11.8 Å². The standard InChI is InChI=1S/C22H25N3O3S/c1-16(22(28)23-15-17-7-3-2-4-8-17)24-20(26)11-12-21(27)25-13-14-29-19-10-6-5-9-18(19)25/h2-10,16H,11-15H2,1H3,(H,23,28)(H,24,26). The van der Waals surface area contributed by atoms with Crippen LogP contribution < -0.4 is 15.5 Å². The van der Waals surface area contributed by atoms with Gasteiger partial charge in [0.15, 0.2) is 0 Å². The summed E-state index contributed by atoms with van der Waals surface area (Å²) in [5.41, 5.74) is 1.90. The molecule has 1 aliphatic rings.